The van der Waals surface area contributed by atoms with E-state index in [2.05, 4.69) is 5.32 Å². The van der Waals surface area contributed by atoms with Crippen molar-refractivity contribution in [3.8, 4) is 0 Å². The molecule has 26 heavy (non-hydrogen) atoms. The van der Waals surface area contributed by atoms with Crippen LogP contribution in [0.4, 0.5) is 0 Å². The molecule has 2 saturated heterocycles. The molecule has 0 aliphatic carbocycles. The monoisotopic (exact) mass is 365 g/mol. The highest BCUT2D eigenvalue weighted by Gasteiger charge is 2.26. The lowest BCUT2D eigenvalue weighted by Gasteiger charge is -2.24. The number of hydrogen-bond acceptors (Lipinski definition) is 5. The summed E-state index contributed by atoms with van der Waals surface area (Å²) in [7, 11) is 0. The molecule has 2 aliphatic heterocycles. The van der Waals surface area contributed by atoms with E-state index in [1.807, 2.05) is 6.07 Å². The van der Waals surface area contributed by atoms with Gasteiger partial charge in [-0.15, -0.1) is 0 Å². The van der Waals surface area contributed by atoms with Crippen molar-refractivity contribution in [2.45, 2.75) is 39.7 Å². The number of carboxylic acids is 1. The van der Waals surface area contributed by atoms with Crippen molar-refractivity contribution in [3.63, 3.8) is 0 Å². The van der Waals surface area contributed by atoms with Gasteiger partial charge < -0.3 is 15.0 Å². The summed E-state index contributed by atoms with van der Waals surface area (Å²) in [5.41, 5.74) is 0.753. The molecule has 2 fully saturated rings. The molecule has 0 radical (unpaired) electrons. The number of pyridine rings is 1. The topological polar surface area (TPSA) is 101 Å². The molecule has 144 valence electrons. The van der Waals surface area contributed by atoms with Gasteiger partial charge in [0.05, 0.1) is 13.2 Å². The minimum Gasteiger partial charge on any atom is -0.481 e. The molecule has 1 aromatic heterocycles. The molecule has 0 spiro atoms. The van der Waals surface area contributed by atoms with E-state index >= 15 is 0 Å². The quantitative estimate of drug-likeness (QED) is 0.830. The number of piperidine rings is 1. The van der Waals surface area contributed by atoms with E-state index in [0.717, 1.165) is 39.3 Å². The molecule has 8 nitrogen and oxygen atoms in total. The Bertz CT molecular complexity index is 685. The Balaban J connectivity index is 0.000000552. The zero-order valence-electron chi connectivity index (χ0n) is 15.4. The summed E-state index contributed by atoms with van der Waals surface area (Å²) in [6.07, 6.45) is 4.87. The molecular weight excluding hydrogens is 338 g/mol. The van der Waals surface area contributed by atoms with Crippen LogP contribution in [-0.4, -0.2) is 52.9 Å². The Hall–Kier alpha value is -2.19. The number of carbonyl (C=O) groups excluding carboxylic acids is 1. The number of aromatic nitrogens is 1. The van der Waals surface area contributed by atoms with Crippen LogP contribution < -0.4 is 10.9 Å². The molecule has 0 bridgehead atoms. The van der Waals surface area contributed by atoms with E-state index in [0.29, 0.717) is 31.2 Å². The molecule has 1 unspecified atom stereocenters. The maximum Gasteiger partial charge on any atom is 0.300 e. The highest BCUT2D eigenvalue weighted by molar-refractivity contribution is 5.94. The standard InChI is InChI=1S/C16H23N3O3.C2H4O2/c1-12-5-8-18(11-13-4-2-6-17-10-13)15(20)14(12)16(21)19-7-3-9-22-19;1-2(3)4/h5,8,13,17H,2-4,6-7,9-11H2,1H3;1H3,(H,3,4). The van der Waals surface area contributed by atoms with Gasteiger partial charge in [0.25, 0.3) is 17.4 Å². The van der Waals surface area contributed by atoms with E-state index < -0.39 is 5.97 Å². The number of hydrogen-bond donors (Lipinski definition) is 2. The molecule has 1 amide bonds. The SMILES string of the molecule is CC(=O)O.Cc1ccn(CC2CCCNC2)c(=O)c1C(=O)N1CCCO1. The highest BCUT2D eigenvalue weighted by Crippen LogP contribution is 2.14. The minimum atomic E-state index is -0.833. The van der Waals surface area contributed by atoms with Crippen LogP contribution in [0.1, 0.15) is 42.1 Å². The third-order valence-electron chi connectivity index (χ3n) is 4.42. The second-order valence-corrected chi connectivity index (χ2v) is 6.66. The lowest BCUT2D eigenvalue weighted by Crippen LogP contribution is -2.38. The molecule has 1 atom stereocenters. The number of hydroxylamine groups is 2. The Morgan fingerprint density at radius 2 is 2.12 bits per heavy atom. The van der Waals surface area contributed by atoms with Crippen molar-refractivity contribution in [2.24, 2.45) is 5.92 Å². The van der Waals surface area contributed by atoms with Crippen molar-refractivity contribution < 1.29 is 19.5 Å². The van der Waals surface area contributed by atoms with Gasteiger partial charge in [0.2, 0.25) is 0 Å². The van der Waals surface area contributed by atoms with Crippen LogP contribution in [0.3, 0.4) is 0 Å². The van der Waals surface area contributed by atoms with Gasteiger partial charge in [-0.05, 0) is 56.8 Å². The summed E-state index contributed by atoms with van der Waals surface area (Å²) in [5, 5.41) is 12.1. The maximum atomic E-state index is 12.7. The molecule has 0 saturated carbocycles. The smallest absolute Gasteiger partial charge is 0.300 e. The maximum absolute atomic E-state index is 12.7. The fourth-order valence-electron chi connectivity index (χ4n) is 3.16. The molecule has 3 rings (SSSR count). The van der Waals surface area contributed by atoms with Gasteiger partial charge in [-0.2, -0.15) is 0 Å². The van der Waals surface area contributed by atoms with Crippen molar-refractivity contribution >= 4 is 11.9 Å². The molecule has 2 aliphatic rings. The Morgan fingerprint density at radius 3 is 2.69 bits per heavy atom. The number of aryl methyl sites for hydroxylation is 1. The van der Waals surface area contributed by atoms with E-state index in [4.69, 9.17) is 14.7 Å². The summed E-state index contributed by atoms with van der Waals surface area (Å²) < 4.78 is 1.67. The average Bonchev–Trinajstić information content (AvgIpc) is 3.12. The first-order valence-electron chi connectivity index (χ1n) is 8.95. The Labute approximate surface area is 152 Å². The normalized spacial score (nSPS) is 19.6. The van der Waals surface area contributed by atoms with Crippen molar-refractivity contribution in [1.82, 2.24) is 14.9 Å². The van der Waals surface area contributed by atoms with Crippen molar-refractivity contribution in [2.75, 3.05) is 26.2 Å². The number of amides is 1. The Morgan fingerprint density at radius 1 is 1.38 bits per heavy atom. The first kappa shape index (κ1) is 20.1. The number of carbonyl (C=O) groups is 2. The van der Waals surface area contributed by atoms with Crippen LogP contribution in [0.2, 0.25) is 0 Å². The van der Waals surface area contributed by atoms with Gasteiger partial charge >= 0.3 is 0 Å². The summed E-state index contributed by atoms with van der Waals surface area (Å²) in [6.45, 7) is 6.62. The van der Waals surface area contributed by atoms with Crippen molar-refractivity contribution in [1.29, 1.82) is 0 Å². The second kappa shape index (κ2) is 9.49. The zero-order valence-corrected chi connectivity index (χ0v) is 15.4. The van der Waals surface area contributed by atoms with Crippen LogP contribution in [0.5, 0.6) is 0 Å². The number of nitrogens with one attached hydrogen (secondary N) is 1. The van der Waals surface area contributed by atoms with Crippen LogP contribution >= 0.6 is 0 Å². The largest absolute Gasteiger partial charge is 0.481 e. The molecule has 3 heterocycles. The lowest BCUT2D eigenvalue weighted by atomic mass is 9.99. The number of rotatable bonds is 3. The van der Waals surface area contributed by atoms with Crippen LogP contribution in [0.15, 0.2) is 17.1 Å². The number of carboxylic acid groups (broad SMARTS) is 1. The number of nitrogens with zero attached hydrogens (tertiary/aromatic N) is 2. The van der Waals surface area contributed by atoms with Gasteiger partial charge in [-0.3, -0.25) is 19.2 Å². The fourth-order valence-corrected chi connectivity index (χ4v) is 3.16. The van der Waals surface area contributed by atoms with E-state index in [1.54, 1.807) is 17.7 Å². The minimum absolute atomic E-state index is 0.203. The van der Waals surface area contributed by atoms with E-state index in [-0.39, 0.29) is 17.0 Å². The third kappa shape index (κ3) is 5.40. The first-order chi connectivity index (χ1) is 12.4. The fraction of sp³-hybridized carbons (Fsp3) is 0.611. The lowest BCUT2D eigenvalue weighted by molar-refractivity contribution is -0.134. The summed E-state index contributed by atoms with van der Waals surface area (Å²) in [4.78, 5) is 39.5. The van der Waals surface area contributed by atoms with Gasteiger partial charge in [0.15, 0.2) is 0 Å². The van der Waals surface area contributed by atoms with E-state index in [9.17, 15) is 9.59 Å². The number of aliphatic carboxylic acids is 1. The molecule has 1 aromatic rings. The van der Waals surface area contributed by atoms with Gasteiger partial charge in [-0.1, -0.05) is 0 Å². The van der Waals surface area contributed by atoms with Gasteiger partial charge in [-0.25, -0.2) is 5.06 Å². The molecule has 8 heteroatoms. The zero-order chi connectivity index (χ0) is 19.1. The molecule has 0 aromatic carbocycles. The van der Waals surface area contributed by atoms with Crippen LogP contribution in [0, 0.1) is 12.8 Å². The van der Waals surface area contributed by atoms with Gasteiger partial charge in [0, 0.05) is 19.7 Å². The second-order valence-electron chi connectivity index (χ2n) is 6.66. The van der Waals surface area contributed by atoms with Crippen LogP contribution in [0.25, 0.3) is 0 Å². The Kier molecular flexibility index (Phi) is 7.35. The predicted octanol–water partition coefficient (Wildman–Crippen LogP) is 1.02. The summed E-state index contributed by atoms with van der Waals surface area (Å²) in [5.74, 6) is -0.698. The first-order valence-corrected chi connectivity index (χ1v) is 8.95. The van der Waals surface area contributed by atoms with E-state index in [1.165, 1.54) is 5.06 Å². The molecule has 2 N–H and O–H groups in total. The average molecular weight is 365 g/mol. The predicted molar refractivity (Wildman–Crippen MR) is 95.9 cm³/mol. The summed E-state index contributed by atoms with van der Waals surface area (Å²) in [6, 6.07) is 1.85. The van der Waals surface area contributed by atoms with Crippen molar-refractivity contribution in [3.05, 3.63) is 33.7 Å². The third-order valence-corrected chi connectivity index (χ3v) is 4.42. The molecular formula is C18H27N3O5. The van der Waals surface area contributed by atoms with Gasteiger partial charge in [0.1, 0.15) is 5.56 Å². The highest BCUT2D eigenvalue weighted by atomic mass is 16.7. The van der Waals surface area contributed by atoms with Crippen LogP contribution in [-0.2, 0) is 16.2 Å². The summed E-state index contributed by atoms with van der Waals surface area (Å²) >= 11 is 0.